The molecule has 1 fully saturated rings. The molecular formula is C10H17N3. The highest BCUT2D eigenvalue weighted by Crippen LogP contribution is 2.20. The van der Waals surface area contributed by atoms with Gasteiger partial charge in [-0.05, 0) is 13.0 Å². The van der Waals surface area contributed by atoms with Gasteiger partial charge in [0.2, 0.25) is 0 Å². The molecule has 0 amide bonds. The van der Waals surface area contributed by atoms with Crippen molar-refractivity contribution in [2.45, 2.75) is 6.92 Å². The Balaban J connectivity index is 2.18. The van der Waals surface area contributed by atoms with E-state index in [-0.39, 0.29) is 0 Å². The quantitative estimate of drug-likeness (QED) is 0.686. The van der Waals surface area contributed by atoms with E-state index in [4.69, 9.17) is 0 Å². The maximum absolute atomic E-state index is 3.36. The molecule has 3 heteroatoms. The van der Waals surface area contributed by atoms with Crippen molar-refractivity contribution < 1.29 is 0 Å². The summed E-state index contributed by atoms with van der Waals surface area (Å²) in [6.07, 6.45) is 2.13. The highest BCUT2D eigenvalue weighted by molar-refractivity contribution is 5.51. The Morgan fingerprint density at radius 3 is 2.54 bits per heavy atom. The van der Waals surface area contributed by atoms with Gasteiger partial charge in [0, 0.05) is 45.1 Å². The summed E-state index contributed by atoms with van der Waals surface area (Å²) in [5.41, 5.74) is 2.76. The molecule has 0 atom stereocenters. The van der Waals surface area contributed by atoms with Gasteiger partial charge >= 0.3 is 0 Å². The summed E-state index contributed by atoms with van der Waals surface area (Å²) >= 11 is 0. The summed E-state index contributed by atoms with van der Waals surface area (Å²) < 4.78 is 2.18. The summed E-state index contributed by atoms with van der Waals surface area (Å²) in [7, 11) is 2.10. The van der Waals surface area contributed by atoms with E-state index in [1.807, 2.05) is 0 Å². The number of hydrogen-bond donors (Lipinski definition) is 1. The third-order valence-corrected chi connectivity index (χ3v) is 2.81. The van der Waals surface area contributed by atoms with Crippen molar-refractivity contribution in [2.24, 2.45) is 7.05 Å². The molecule has 0 spiro atoms. The Bertz CT molecular complexity index is 284. The fourth-order valence-corrected chi connectivity index (χ4v) is 1.84. The van der Waals surface area contributed by atoms with Gasteiger partial charge in [0.05, 0.1) is 5.69 Å². The predicted molar refractivity (Wildman–Crippen MR) is 55.2 cm³/mol. The zero-order chi connectivity index (χ0) is 9.26. The predicted octanol–water partition coefficient (Wildman–Crippen LogP) is 0.743. The van der Waals surface area contributed by atoms with Crippen LogP contribution in [0.1, 0.15) is 5.69 Å². The molecule has 0 radical (unpaired) electrons. The Hall–Kier alpha value is -0.960. The van der Waals surface area contributed by atoms with Crippen LogP contribution in [-0.4, -0.2) is 30.7 Å². The number of aromatic nitrogens is 1. The van der Waals surface area contributed by atoms with Crippen molar-refractivity contribution in [1.82, 2.24) is 9.88 Å². The van der Waals surface area contributed by atoms with Gasteiger partial charge in [-0.3, -0.25) is 0 Å². The van der Waals surface area contributed by atoms with Crippen molar-refractivity contribution in [2.75, 3.05) is 31.1 Å². The van der Waals surface area contributed by atoms with Crippen LogP contribution in [0.3, 0.4) is 0 Å². The Morgan fingerprint density at radius 2 is 2.00 bits per heavy atom. The molecule has 1 aromatic rings. The number of nitrogens with one attached hydrogen (secondary N) is 1. The molecule has 0 aromatic carbocycles. The molecule has 0 unspecified atom stereocenters. The molecule has 1 aromatic heterocycles. The first-order chi connectivity index (χ1) is 6.29. The van der Waals surface area contributed by atoms with Gasteiger partial charge in [-0.2, -0.15) is 0 Å². The maximum atomic E-state index is 3.36. The van der Waals surface area contributed by atoms with E-state index in [0.29, 0.717) is 0 Å². The molecule has 1 aliphatic heterocycles. The second-order valence-corrected chi connectivity index (χ2v) is 3.63. The summed E-state index contributed by atoms with van der Waals surface area (Å²) in [6, 6.07) is 2.21. The SMILES string of the molecule is Cc1c(N2CCNCC2)ccn1C. The van der Waals surface area contributed by atoms with Gasteiger partial charge in [0.1, 0.15) is 0 Å². The molecule has 3 nitrogen and oxygen atoms in total. The molecule has 0 bridgehead atoms. The lowest BCUT2D eigenvalue weighted by atomic mass is 10.3. The fourth-order valence-electron chi connectivity index (χ4n) is 1.84. The normalized spacial score (nSPS) is 17.8. The average molecular weight is 179 g/mol. The van der Waals surface area contributed by atoms with E-state index < -0.39 is 0 Å². The standard InChI is InChI=1S/C10H17N3/c1-9-10(3-6-12(9)2)13-7-4-11-5-8-13/h3,6,11H,4-5,7-8H2,1-2H3. The number of rotatable bonds is 1. The van der Waals surface area contributed by atoms with Crippen LogP contribution < -0.4 is 10.2 Å². The van der Waals surface area contributed by atoms with Gasteiger partial charge in [-0.25, -0.2) is 0 Å². The van der Waals surface area contributed by atoms with Crippen molar-refractivity contribution in [3.8, 4) is 0 Å². The minimum absolute atomic E-state index is 1.11. The molecule has 0 aliphatic carbocycles. The number of nitrogens with zero attached hydrogens (tertiary/aromatic N) is 2. The highest BCUT2D eigenvalue weighted by Gasteiger charge is 2.13. The van der Waals surface area contributed by atoms with Crippen LogP contribution in [0.5, 0.6) is 0 Å². The summed E-state index contributed by atoms with van der Waals surface area (Å²) in [5, 5.41) is 3.36. The van der Waals surface area contributed by atoms with Crippen molar-refractivity contribution >= 4 is 5.69 Å². The van der Waals surface area contributed by atoms with E-state index in [1.165, 1.54) is 11.4 Å². The smallest absolute Gasteiger partial charge is 0.0576 e. The highest BCUT2D eigenvalue weighted by atomic mass is 15.2. The Morgan fingerprint density at radius 1 is 1.31 bits per heavy atom. The van der Waals surface area contributed by atoms with Crippen LogP contribution in [0.25, 0.3) is 0 Å². The first kappa shape index (κ1) is 8.63. The van der Waals surface area contributed by atoms with E-state index in [2.05, 4.69) is 41.0 Å². The minimum Gasteiger partial charge on any atom is -0.368 e. The number of aryl methyl sites for hydroxylation is 1. The van der Waals surface area contributed by atoms with Crippen LogP contribution in [0.2, 0.25) is 0 Å². The van der Waals surface area contributed by atoms with E-state index in [9.17, 15) is 0 Å². The topological polar surface area (TPSA) is 20.2 Å². The number of piperazine rings is 1. The first-order valence-corrected chi connectivity index (χ1v) is 4.86. The number of anilines is 1. The largest absolute Gasteiger partial charge is 0.368 e. The van der Waals surface area contributed by atoms with Crippen molar-refractivity contribution in [3.63, 3.8) is 0 Å². The molecule has 1 saturated heterocycles. The van der Waals surface area contributed by atoms with Gasteiger partial charge in [-0.1, -0.05) is 0 Å². The third kappa shape index (κ3) is 1.56. The van der Waals surface area contributed by atoms with Crippen molar-refractivity contribution in [3.05, 3.63) is 18.0 Å². The monoisotopic (exact) mass is 179 g/mol. The van der Waals surface area contributed by atoms with Crippen LogP contribution in [0, 0.1) is 6.92 Å². The molecule has 2 heterocycles. The lowest BCUT2D eigenvalue weighted by molar-refractivity contribution is 0.588. The van der Waals surface area contributed by atoms with Crippen LogP contribution in [0.4, 0.5) is 5.69 Å². The molecule has 72 valence electrons. The van der Waals surface area contributed by atoms with Gasteiger partial charge in [0.25, 0.3) is 0 Å². The Labute approximate surface area is 79.3 Å². The molecule has 13 heavy (non-hydrogen) atoms. The zero-order valence-electron chi connectivity index (χ0n) is 8.38. The van der Waals surface area contributed by atoms with Crippen molar-refractivity contribution in [1.29, 1.82) is 0 Å². The molecule has 2 rings (SSSR count). The summed E-state index contributed by atoms with van der Waals surface area (Å²) in [5.74, 6) is 0. The Kier molecular flexibility index (Phi) is 2.27. The lowest BCUT2D eigenvalue weighted by Crippen LogP contribution is -2.43. The summed E-state index contributed by atoms with van der Waals surface area (Å²) in [4.78, 5) is 2.45. The molecule has 0 saturated carbocycles. The maximum Gasteiger partial charge on any atom is 0.0576 e. The third-order valence-electron chi connectivity index (χ3n) is 2.81. The second-order valence-electron chi connectivity index (χ2n) is 3.63. The zero-order valence-corrected chi connectivity index (χ0v) is 8.38. The van der Waals surface area contributed by atoms with Crippen LogP contribution >= 0.6 is 0 Å². The van der Waals surface area contributed by atoms with Crippen LogP contribution in [-0.2, 0) is 7.05 Å². The number of hydrogen-bond acceptors (Lipinski definition) is 2. The van der Waals surface area contributed by atoms with E-state index in [1.54, 1.807) is 0 Å². The van der Waals surface area contributed by atoms with Gasteiger partial charge in [-0.15, -0.1) is 0 Å². The van der Waals surface area contributed by atoms with Gasteiger partial charge in [0.15, 0.2) is 0 Å². The second kappa shape index (κ2) is 3.42. The summed E-state index contributed by atoms with van der Waals surface area (Å²) in [6.45, 7) is 6.65. The molecule has 1 N–H and O–H groups in total. The fraction of sp³-hybridized carbons (Fsp3) is 0.600. The average Bonchev–Trinajstić information content (AvgIpc) is 2.49. The molecular weight excluding hydrogens is 162 g/mol. The van der Waals surface area contributed by atoms with E-state index >= 15 is 0 Å². The van der Waals surface area contributed by atoms with E-state index in [0.717, 1.165) is 26.2 Å². The first-order valence-electron chi connectivity index (χ1n) is 4.86. The minimum atomic E-state index is 1.11. The molecule has 1 aliphatic rings. The van der Waals surface area contributed by atoms with Gasteiger partial charge < -0.3 is 14.8 Å². The lowest BCUT2D eigenvalue weighted by Gasteiger charge is -2.29. The van der Waals surface area contributed by atoms with Crippen LogP contribution in [0.15, 0.2) is 12.3 Å².